The van der Waals surface area contributed by atoms with Crippen molar-refractivity contribution in [1.82, 2.24) is 24.9 Å². The van der Waals surface area contributed by atoms with Gasteiger partial charge >= 0.3 is 0 Å². The third-order valence-corrected chi connectivity index (χ3v) is 4.54. The minimum atomic E-state index is -0.729. The lowest BCUT2D eigenvalue weighted by Crippen LogP contribution is -2.31. The third kappa shape index (κ3) is 3.64. The number of nitrogens with one attached hydrogen (secondary N) is 2. The van der Waals surface area contributed by atoms with E-state index < -0.39 is 6.04 Å². The number of likely N-dealkylation sites (N-methyl/N-ethyl adjacent to an activating group) is 1. The van der Waals surface area contributed by atoms with Crippen LogP contribution in [0.1, 0.15) is 17.3 Å². The van der Waals surface area contributed by atoms with Crippen molar-refractivity contribution in [2.24, 2.45) is 0 Å². The summed E-state index contributed by atoms with van der Waals surface area (Å²) in [5, 5.41) is 10.3. The van der Waals surface area contributed by atoms with E-state index in [1.165, 1.54) is 12.1 Å². The highest BCUT2D eigenvalue weighted by molar-refractivity contribution is 5.86. The second-order valence-corrected chi connectivity index (χ2v) is 6.53. The molecule has 0 aliphatic rings. The number of carbonyl (C=O) groups excluding carboxylic acids is 1. The van der Waals surface area contributed by atoms with Crippen LogP contribution in [0.2, 0.25) is 0 Å². The molecule has 3 heterocycles. The van der Waals surface area contributed by atoms with Gasteiger partial charge < -0.3 is 10.6 Å². The Morgan fingerprint density at radius 1 is 1.17 bits per heavy atom. The Labute approximate surface area is 166 Å². The summed E-state index contributed by atoms with van der Waals surface area (Å²) in [6, 6.07) is 12.5. The summed E-state index contributed by atoms with van der Waals surface area (Å²) in [5.74, 6) is -0.0254. The lowest BCUT2D eigenvalue weighted by molar-refractivity contribution is -0.121. The molecule has 1 atom stereocenters. The number of nitrogens with zero attached hydrogens (tertiary/aromatic N) is 4. The number of pyridine rings is 1. The maximum absolute atomic E-state index is 13.3. The Balaban J connectivity index is 1.79. The van der Waals surface area contributed by atoms with E-state index in [9.17, 15) is 9.18 Å². The Kier molecular flexibility index (Phi) is 4.90. The number of hydrogen-bond donors (Lipinski definition) is 2. The van der Waals surface area contributed by atoms with Crippen molar-refractivity contribution < 1.29 is 9.18 Å². The number of rotatable bonds is 5. The molecule has 0 bridgehead atoms. The number of benzene rings is 1. The molecule has 0 saturated heterocycles. The number of amides is 1. The topological polar surface area (TPSA) is 84.2 Å². The van der Waals surface area contributed by atoms with Crippen molar-refractivity contribution in [3.63, 3.8) is 0 Å². The molecule has 146 valence electrons. The third-order valence-electron chi connectivity index (χ3n) is 4.54. The maximum Gasteiger partial charge on any atom is 0.246 e. The molecule has 7 nitrogen and oxygen atoms in total. The highest BCUT2D eigenvalue weighted by Crippen LogP contribution is 2.26. The molecule has 3 aromatic heterocycles. The maximum atomic E-state index is 13.3. The molecule has 0 radical (unpaired) electrons. The summed E-state index contributed by atoms with van der Waals surface area (Å²) in [6.45, 7) is 1.87. The first kappa shape index (κ1) is 18.5. The minimum Gasteiger partial charge on any atom is -0.357 e. The van der Waals surface area contributed by atoms with Crippen LogP contribution < -0.4 is 10.6 Å². The molecule has 2 N–H and O–H groups in total. The zero-order chi connectivity index (χ0) is 20.4. The van der Waals surface area contributed by atoms with Crippen LogP contribution in [0.5, 0.6) is 0 Å². The second-order valence-electron chi connectivity index (χ2n) is 6.53. The number of halogens is 1. The monoisotopic (exact) mass is 390 g/mol. The quantitative estimate of drug-likeness (QED) is 0.547. The first-order chi connectivity index (χ1) is 14.1. The molecule has 0 spiro atoms. The molecule has 8 heteroatoms. The van der Waals surface area contributed by atoms with Gasteiger partial charge in [0.1, 0.15) is 17.7 Å². The number of fused-ring (bicyclic) bond motifs is 1. The second kappa shape index (κ2) is 7.67. The van der Waals surface area contributed by atoms with Gasteiger partial charge in [-0.15, -0.1) is 0 Å². The van der Waals surface area contributed by atoms with E-state index in [0.29, 0.717) is 17.0 Å². The van der Waals surface area contributed by atoms with Crippen LogP contribution in [0.3, 0.4) is 0 Å². The Hall–Kier alpha value is -3.81. The zero-order valence-corrected chi connectivity index (χ0v) is 15.9. The number of hydrogen-bond acceptors (Lipinski definition) is 5. The van der Waals surface area contributed by atoms with E-state index in [1.807, 2.05) is 31.2 Å². The van der Waals surface area contributed by atoms with Crippen LogP contribution >= 0.6 is 0 Å². The summed E-state index contributed by atoms with van der Waals surface area (Å²) in [5.41, 5.74) is 3.56. The standard InChI is InChI=1S/C21H19FN6O/c1-13-11-18(27-19(21(29)23-2)14-6-8-15(22)9-7-14)28-20(26-13)16(12-25-28)17-5-3-4-10-24-17/h3-12,19,27H,1-2H3,(H,23,29). The lowest BCUT2D eigenvalue weighted by Gasteiger charge is -2.19. The molecule has 29 heavy (non-hydrogen) atoms. The van der Waals surface area contributed by atoms with E-state index in [2.05, 4.69) is 25.7 Å². The number of carbonyl (C=O) groups is 1. The van der Waals surface area contributed by atoms with Crippen LogP contribution in [0.15, 0.2) is 60.9 Å². The fourth-order valence-electron chi connectivity index (χ4n) is 3.14. The normalized spacial score (nSPS) is 12.0. The Bertz CT molecular complexity index is 1160. The summed E-state index contributed by atoms with van der Waals surface area (Å²) in [7, 11) is 1.56. The lowest BCUT2D eigenvalue weighted by atomic mass is 10.1. The molecular formula is C21H19FN6O. The highest BCUT2D eigenvalue weighted by atomic mass is 19.1. The van der Waals surface area contributed by atoms with E-state index >= 15 is 0 Å². The Morgan fingerprint density at radius 2 is 1.97 bits per heavy atom. The molecule has 1 aromatic carbocycles. The van der Waals surface area contributed by atoms with Crippen LogP contribution in [-0.4, -0.2) is 32.5 Å². The van der Waals surface area contributed by atoms with Crippen LogP contribution in [-0.2, 0) is 4.79 Å². The zero-order valence-electron chi connectivity index (χ0n) is 15.9. The van der Waals surface area contributed by atoms with Gasteiger partial charge in [-0.2, -0.15) is 9.61 Å². The van der Waals surface area contributed by atoms with E-state index in [4.69, 9.17) is 0 Å². The average Bonchev–Trinajstić information content (AvgIpc) is 3.16. The predicted molar refractivity (Wildman–Crippen MR) is 108 cm³/mol. The smallest absolute Gasteiger partial charge is 0.246 e. The van der Waals surface area contributed by atoms with Gasteiger partial charge in [0.2, 0.25) is 5.91 Å². The largest absolute Gasteiger partial charge is 0.357 e. The SMILES string of the molecule is CNC(=O)C(Nc1cc(C)nc2c(-c3ccccn3)cnn12)c1ccc(F)cc1. The molecule has 0 saturated carbocycles. The molecule has 1 unspecified atom stereocenters. The number of anilines is 1. The minimum absolute atomic E-state index is 0.253. The first-order valence-electron chi connectivity index (χ1n) is 9.07. The Morgan fingerprint density at radius 3 is 2.66 bits per heavy atom. The molecule has 0 aliphatic carbocycles. The van der Waals surface area contributed by atoms with E-state index in [0.717, 1.165) is 17.0 Å². The van der Waals surface area contributed by atoms with Gasteiger partial charge in [-0.1, -0.05) is 18.2 Å². The summed E-state index contributed by atoms with van der Waals surface area (Å²) in [4.78, 5) is 21.5. The summed E-state index contributed by atoms with van der Waals surface area (Å²) < 4.78 is 15.0. The van der Waals surface area contributed by atoms with Crippen molar-refractivity contribution in [3.8, 4) is 11.3 Å². The van der Waals surface area contributed by atoms with Gasteiger partial charge in [-0.05, 0) is 36.8 Å². The van der Waals surface area contributed by atoms with Gasteiger partial charge in [-0.3, -0.25) is 9.78 Å². The molecule has 4 rings (SSSR count). The van der Waals surface area contributed by atoms with Crippen molar-refractivity contribution in [3.05, 3.63) is 78.0 Å². The van der Waals surface area contributed by atoms with Crippen LogP contribution in [0, 0.1) is 12.7 Å². The van der Waals surface area contributed by atoms with Crippen molar-refractivity contribution in [2.75, 3.05) is 12.4 Å². The first-order valence-corrected chi connectivity index (χ1v) is 9.07. The number of aromatic nitrogens is 4. The van der Waals surface area contributed by atoms with Crippen LogP contribution in [0.4, 0.5) is 10.2 Å². The summed E-state index contributed by atoms with van der Waals surface area (Å²) >= 11 is 0. The number of aryl methyl sites for hydroxylation is 1. The fourth-order valence-corrected chi connectivity index (χ4v) is 3.14. The van der Waals surface area contributed by atoms with Crippen molar-refractivity contribution in [1.29, 1.82) is 0 Å². The average molecular weight is 390 g/mol. The van der Waals surface area contributed by atoms with Gasteiger partial charge in [0.15, 0.2) is 5.65 Å². The van der Waals surface area contributed by atoms with Gasteiger partial charge in [-0.25, -0.2) is 9.37 Å². The van der Waals surface area contributed by atoms with E-state index in [1.54, 1.807) is 36.1 Å². The molecular weight excluding hydrogens is 371 g/mol. The predicted octanol–water partition coefficient (Wildman–Crippen LogP) is 3.14. The van der Waals surface area contributed by atoms with Crippen LogP contribution in [0.25, 0.3) is 16.9 Å². The van der Waals surface area contributed by atoms with Crippen molar-refractivity contribution >= 4 is 17.4 Å². The summed E-state index contributed by atoms with van der Waals surface area (Å²) in [6.07, 6.45) is 3.41. The fraction of sp³-hybridized carbons (Fsp3) is 0.143. The van der Waals surface area contributed by atoms with E-state index in [-0.39, 0.29) is 11.7 Å². The molecule has 1 amide bonds. The molecule has 0 fully saturated rings. The van der Waals surface area contributed by atoms with Gasteiger partial charge in [0.05, 0.1) is 17.5 Å². The van der Waals surface area contributed by atoms with Crippen molar-refractivity contribution in [2.45, 2.75) is 13.0 Å². The molecule has 0 aliphatic heterocycles. The molecule has 4 aromatic rings. The van der Waals surface area contributed by atoms with Gasteiger partial charge in [0, 0.05) is 25.0 Å². The highest BCUT2D eigenvalue weighted by Gasteiger charge is 2.22. The van der Waals surface area contributed by atoms with Gasteiger partial charge in [0.25, 0.3) is 0 Å².